The summed E-state index contributed by atoms with van der Waals surface area (Å²) in [5, 5.41) is 0.816. The molecule has 0 saturated heterocycles. The first-order valence-electron chi connectivity index (χ1n) is 5.09. The summed E-state index contributed by atoms with van der Waals surface area (Å²) in [7, 11) is 0. The maximum Gasteiger partial charge on any atom is 0.0440 e. The second-order valence-electron chi connectivity index (χ2n) is 4.33. The molecule has 0 radical (unpaired) electrons. The lowest BCUT2D eigenvalue weighted by Gasteiger charge is -2.24. The number of aryl methyl sites for hydroxylation is 1. The maximum absolute atomic E-state index is 6.17. The van der Waals surface area contributed by atoms with Crippen molar-refractivity contribution >= 4 is 11.6 Å². The van der Waals surface area contributed by atoms with Gasteiger partial charge in [-0.3, -0.25) is 0 Å². The van der Waals surface area contributed by atoms with Crippen LogP contribution in [0.25, 0.3) is 0 Å². The largest absolute Gasteiger partial charge is 0.330 e. The molecule has 1 unspecified atom stereocenters. The van der Waals surface area contributed by atoms with E-state index in [9.17, 15) is 0 Å². The zero-order chi connectivity index (χ0) is 11.5. The molecule has 1 aromatic carbocycles. The van der Waals surface area contributed by atoms with E-state index in [1.54, 1.807) is 0 Å². The number of hydrogen-bond donors (Lipinski definition) is 1. The molecule has 0 bridgehead atoms. The summed E-state index contributed by atoms with van der Waals surface area (Å²) in [5.41, 5.74) is 7.97. The van der Waals surface area contributed by atoms with E-state index in [4.69, 9.17) is 17.3 Å². The molecule has 15 heavy (non-hydrogen) atoms. The van der Waals surface area contributed by atoms with Crippen LogP contribution in [-0.2, 0) is 6.42 Å². The van der Waals surface area contributed by atoms with Gasteiger partial charge in [0, 0.05) is 17.0 Å². The number of halogens is 1. The summed E-state index contributed by atoms with van der Waals surface area (Å²) in [5.74, 6) is 0. The topological polar surface area (TPSA) is 26.0 Å². The minimum absolute atomic E-state index is 0.0705. The van der Waals surface area contributed by atoms with Gasteiger partial charge in [0.1, 0.15) is 0 Å². The lowest BCUT2D eigenvalue weighted by molar-refractivity contribution is 0.439. The minimum Gasteiger partial charge on any atom is -0.330 e. The molecule has 2 heteroatoms. The number of benzene rings is 1. The van der Waals surface area contributed by atoms with Crippen molar-refractivity contribution in [2.75, 3.05) is 6.54 Å². The van der Waals surface area contributed by atoms with Gasteiger partial charge < -0.3 is 5.73 Å². The summed E-state index contributed by atoms with van der Waals surface area (Å²) >= 11 is 6.17. The van der Waals surface area contributed by atoms with Crippen molar-refractivity contribution in [3.8, 4) is 0 Å². The van der Waals surface area contributed by atoms with Crippen LogP contribution in [0.1, 0.15) is 18.1 Å². The van der Waals surface area contributed by atoms with E-state index in [-0.39, 0.29) is 5.41 Å². The third kappa shape index (κ3) is 3.08. The standard InChI is InChI=1S/C13H18ClN/c1-4-13(3,9-15)8-11-6-5-10(2)7-12(11)14/h4-7H,1,8-9,15H2,2-3H3. The molecule has 0 saturated carbocycles. The maximum atomic E-state index is 6.17. The molecule has 0 amide bonds. The van der Waals surface area contributed by atoms with Gasteiger partial charge >= 0.3 is 0 Å². The Morgan fingerprint density at radius 3 is 2.67 bits per heavy atom. The van der Waals surface area contributed by atoms with E-state index >= 15 is 0 Å². The highest BCUT2D eigenvalue weighted by molar-refractivity contribution is 6.31. The first kappa shape index (κ1) is 12.3. The smallest absolute Gasteiger partial charge is 0.0440 e. The molecular formula is C13H18ClN. The molecule has 0 heterocycles. The van der Waals surface area contributed by atoms with Crippen LogP contribution < -0.4 is 5.73 Å². The fraction of sp³-hybridized carbons (Fsp3) is 0.385. The number of rotatable bonds is 4. The molecule has 82 valence electrons. The van der Waals surface area contributed by atoms with Crippen LogP contribution in [0.4, 0.5) is 0 Å². The van der Waals surface area contributed by atoms with Crippen molar-refractivity contribution in [3.05, 3.63) is 47.0 Å². The molecule has 1 aromatic rings. The van der Waals surface area contributed by atoms with Crippen LogP contribution in [0.15, 0.2) is 30.9 Å². The van der Waals surface area contributed by atoms with Crippen LogP contribution in [0.2, 0.25) is 5.02 Å². The van der Waals surface area contributed by atoms with Crippen molar-refractivity contribution in [1.82, 2.24) is 0 Å². The van der Waals surface area contributed by atoms with Crippen molar-refractivity contribution in [2.45, 2.75) is 20.3 Å². The van der Waals surface area contributed by atoms with Gasteiger partial charge in [0.2, 0.25) is 0 Å². The van der Waals surface area contributed by atoms with Crippen LogP contribution in [-0.4, -0.2) is 6.54 Å². The van der Waals surface area contributed by atoms with Crippen molar-refractivity contribution in [2.24, 2.45) is 11.1 Å². The molecule has 0 fully saturated rings. The van der Waals surface area contributed by atoms with E-state index in [0.29, 0.717) is 6.54 Å². The first-order valence-corrected chi connectivity index (χ1v) is 5.47. The Kier molecular flexibility index (Phi) is 3.95. The van der Waals surface area contributed by atoms with Crippen LogP contribution in [0.3, 0.4) is 0 Å². The Bertz CT molecular complexity index is 360. The first-order chi connectivity index (χ1) is 7.00. The van der Waals surface area contributed by atoms with E-state index < -0.39 is 0 Å². The molecule has 0 aromatic heterocycles. The van der Waals surface area contributed by atoms with Crippen molar-refractivity contribution < 1.29 is 0 Å². The minimum atomic E-state index is -0.0705. The Morgan fingerprint density at radius 2 is 2.20 bits per heavy atom. The molecule has 0 spiro atoms. The van der Waals surface area contributed by atoms with E-state index in [0.717, 1.165) is 17.0 Å². The van der Waals surface area contributed by atoms with E-state index in [1.807, 2.05) is 19.1 Å². The Hall–Kier alpha value is -0.790. The quantitative estimate of drug-likeness (QED) is 0.779. The summed E-state index contributed by atoms with van der Waals surface area (Å²) in [6.07, 6.45) is 2.75. The highest BCUT2D eigenvalue weighted by atomic mass is 35.5. The van der Waals surface area contributed by atoms with Gasteiger partial charge in [-0.25, -0.2) is 0 Å². The normalized spacial score (nSPS) is 14.7. The Balaban J connectivity index is 2.94. The highest BCUT2D eigenvalue weighted by Gasteiger charge is 2.19. The van der Waals surface area contributed by atoms with Gasteiger partial charge in [0.15, 0.2) is 0 Å². The molecule has 1 nitrogen and oxygen atoms in total. The van der Waals surface area contributed by atoms with Gasteiger partial charge in [-0.15, -0.1) is 6.58 Å². The third-order valence-corrected chi connectivity index (χ3v) is 3.11. The monoisotopic (exact) mass is 223 g/mol. The summed E-state index contributed by atoms with van der Waals surface area (Å²) < 4.78 is 0. The summed E-state index contributed by atoms with van der Waals surface area (Å²) in [4.78, 5) is 0. The van der Waals surface area contributed by atoms with Gasteiger partial charge in [0.05, 0.1) is 0 Å². The predicted octanol–water partition coefficient (Wildman–Crippen LogP) is 3.34. The lowest BCUT2D eigenvalue weighted by Crippen LogP contribution is -2.27. The Morgan fingerprint density at radius 1 is 1.53 bits per heavy atom. The molecule has 0 aliphatic rings. The molecular weight excluding hydrogens is 206 g/mol. The lowest BCUT2D eigenvalue weighted by atomic mass is 9.84. The van der Waals surface area contributed by atoms with Gasteiger partial charge in [0.25, 0.3) is 0 Å². The summed E-state index contributed by atoms with van der Waals surface area (Å²) in [6, 6.07) is 6.12. The third-order valence-electron chi connectivity index (χ3n) is 2.76. The van der Waals surface area contributed by atoms with Gasteiger partial charge in [-0.05, 0) is 30.5 Å². The second kappa shape index (κ2) is 4.82. The van der Waals surface area contributed by atoms with Gasteiger partial charge in [-0.1, -0.05) is 36.7 Å². The zero-order valence-electron chi connectivity index (χ0n) is 9.39. The fourth-order valence-corrected chi connectivity index (χ4v) is 1.76. The molecule has 0 aliphatic heterocycles. The van der Waals surface area contributed by atoms with E-state index in [1.165, 1.54) is 5.56 Å². The van der Waals surface area contributed by atoms with Crippen LogP contribution in [0, 0.1) is 12.3 Å². The summed E-state index contributed by atoms with van der Waals surface area (Å²) in [6.45, 7) is 8.53. The Labute approximate surface area is 96.9 Å². The van der Waals surface area contributed by atoms with Crippen molar-refractivity contribution in [1.29, 1.82) is 0 Å². The SMILES string of the molecule is C=CC(C)(CN)Cc1ccc(C)cc1Cl. The molecule has 1 rings (SSSR count). The van der Waals surface area contributed by atoms with Crippen LogP contribution >= 0.6 is 11.6 Å². The van der Waals surface area contributed by atoms with Crippen molar-refractivity contribution in [3.63, 3.8) is 0 Å². The van der Waals surface area contributed by atoms with E-state index in [2.05, 4.69) is 25.6 Å². The highest BCUT2D eigenvalue weighted by Crippen LogP contribution is 2.27. The van der Waals surface area contributed by atoms with Gasteiger partial charge in [-0.2, -0.15) is 0 Å². The number of hydrogen-bond acceptors (Lipinski definition) is 1. The van der Waals surface area contributed by atoms with Crippen LogP contribution in [0.5, 0.6) is 0 Å². The molecule has 0 aliphatic carbocycles. The second-order valence-corrected chi connectivity index (χ2v) is 4.74. The molecule has 2 N–H and O–H groups in total. The fourth-order valence-electron chi connectivity index (χ4n) is 1.46. The number of nitrogens with two attached hydrogens (primary N) is 1. The zero-order valence-corrected chi connectivity index (χ0v) is 10.1. The molecule has 1 atom stereocenters. The average molecular weight is 224 g/mol. The predicted molar refractivity (Wildman–Crippen MR) is 67.3 cm³/mol. The average Bonchev–Trinajstić information content (AvgIpc) is 2.22.